The van der Waals surface area contributed by atoms with Crippen molar-refractivity contribution in [1.82, 2.24) is 10.6 Å². The first-order valence-corrected chi connectivity index (χ1v) is 13.6. The van der Waals surface area contributed by atoms with Gasteiger partial charge in [-0.2, -0.15) is 0 Å². The van der Waals surface area contributed by atoms with Gasteiger partial charge in [0.2, 0.25) is 0 Å². The Bertz CT molecular complexity index is 1140. The number of ether oxygens (including phenoxy) is 4. The number of nitrogens with one attached hydrogen (secondary N) is 2. The van der Waals surface area contributed by atoms with Gasteiger partial charge >= 0.3 is 11.9 Å². The molecule has 2 aliphatic heterocycles. The Labute approximate surface area is 253 Å². The number of carbonyl (C=O) groups excluding carboxylic acids is 2. The fourth-order valence-electron chi connectivity index (χ4n) is 4.27. The summed E-state index contributed by atoms with van der Waals surface area (Å²) in [6, 6.07) is 10.9. The molecule has 2 aromatic carbocycles. The maximum absolute atomic E-state index is 12.5. The number of hydrogen-bond donors (Lipinski definition) is 2. The van der Waals surface area contributed by atoms with Crippen molar-refractivity contribution in [3.63, 3.8) is 0 Å². The highest BCUT2D eigenvalue weighted by molar-refractivity contribution is 6.03. The van der Waals surface area contributed by atoms with E-state index in [1.807, 2.05) is 12.1 Å². The van der Waals surface area contributed by atoms with Gasteiger partial charge in [0.25, 0.3) is 0 Å². The number of halogens is 2. The Balaban J connectivity index is 0.00000294. The molecule has 4 rings (SSSR count). The summed E-state index contributed by atoms with van der Waals surface area (Å²) in [5.41, 5.74) is 2.45. The van der Waals surface area contributed by atoms with E-state index in [4.69, 9.17) is 18.9 Å². The number of carbonyl (C=O) groups is 2. The van der Waals surface area contributed by atoms with Crippen LogP contribution in [-0.2, 0) is 9.47 Å². The van der Waals surface area contributed by atoms with E-state index in [1.54, 1.807) is 38.1 Å². The number of unbranched alkanes of at least 4 members (excludes halogenated alkanes) is 2. The van der Waals surface area contributed by atoms with Crippen molar-refractivity contribution in [3.05, 3.63) is 58.7 Å². The average molecular weight is 610 g/mol. The zero-order valence-corrected chi connectivity index (χ0v) is 25.0. The smallest absolute Gasteiger partial charge is 0.341 e. The molecule has 41 heavy (non-hydrogen) atoms. The predicted octanol–water partition coefficient (Wildman–Crippen LogP) is 4.21. The van der Waals surface area contributed by atoms with E-state index in [2.05, 4.69) is 20.6 Å². The van der Waals surface area contributed by atoms with Crippen LogP contribution in [0.25, 0.3) is 0 Å². The molecule has 12 heteroatoms. The lowest BCUT2D eigenvalue weighted by molar-refractivity contribution is 0.0512. The zero-order valence-electron chi connectivity index (χ0n) is 23.4. The lowest BCUT2D eigenvalue weighted by Gasteiger charge is -2.14. The number of amidine groups is 2. The third kappa shape index (κ3) is 9.26. The molecule has 2 heterocycles. The van der Waals surface area contributed by atoms with Crippen LogP contribution in [0.15, 0.2) is 46.4 Å². The lowest BCUT2D eigenvalue weighted by Crippen LogP contribution is -2.20. The first kappa shape index (κ1) is 33.7. The van der Waals surface area contributed by atoms with Crippen LogP contribution in [0.4, 0.5) is 0 Å². The number of esters is 2. The number of hydrogen-bond acceptors (Lipinski definition) is 10. The van der Waals surface area contributed by atoms with E-state index in [0.717, 1.165) is 55.2 Å². The van der Waals surface area contributed by atoms with Crippen molar-refractivity contribution in [2.75, 3.05) is 52.6 Å². The van der Waals surface area contributed by atoms with Crippen LogP contribution >= 0.6 is 24.8 Å². The van der Waals surface area contributed by atoms with E-state index >= 15 is 0 Å². The highest BCUT2D eigenvalue weighted by Crippen LogP contribution is 2.24. The molecule has 0 aliphatic carbocycles. The molecule has 0 saturated carbocycles. The molecular formula is C29H38Cl2N4O6. The van der Waals surface area contributed by atoms with Crippen LogP contribution in [0.3, 0.4) is 0 Å². The van der Waals surface area contributed by atoms with E-state index in [1.165, 1.54) is 0 Å². The summed E-state index contributed by atoms with van der Waals surface area (Å²) in [7, 11) is 0. The molecule has 0 amide bonds. The Kier molecular flexibility index (Phi) is 14.3. The van der Waals surface area contributed by atoms with Gasteiger partial charge in [0.05, 0.1) is 39.5 Å². The molecule has 2 N–H and O–H groups in total. The van der Waals surface area contributed by atoms with Gasteiger partial charge in [-0.25, -0.2) is 9.59 Å². The van der Waals surface area contributed by atoms with E-state index in [9.17, 15) is 9.59 Å². The van der Waals surface area contributed by atoms with Crippen molar-refractivity contribution in [1.29, 1.82) is 0 Å². The summed E-state index contributed by atoms with van der Waals surface area (Å²) < 4.78 is 22.3. The predicted molar refractivity (Wildman–Crippen MR) is 163 cm³/mol. The Morgan fingerprint density at radius 2 is 1.15 bits per heavy atom. The summed E-state index contributed by atoms with van der Waals surface area (Å²) in [6.07, 6.45) is 2.40. The summed E-state index contributed by atoms with van der Waals surface area (Å²) in [5, 5.41) is 6.43. The van der Waals surface area contributed by atoms with Gasteiger partial charge in [-0.1, -0.05) is 0 Å². The maximum Gasteiger partial charge on any atom is 0.341 e. The Hall–Kier alpha value is -3.50. The van der Waals surface area contributed by atoms with Crippen molar-refractivity contribution in [3.8, 4) is 11.5 Å². The van der Waals surface area contributed by atoms with Gasteiger partial charge in [-0.15, -0.1) is 24.8 Å². The normalized spacial score (nSPS) is 13.4. The molecule has 2 aromatic rings. The van der Waals surface area contributed by atoms with Gasteiger partial charge < -0.3 is 29.6 Å². The number of rotatable bonds is 14. The standard InChI is InChI=1S/C29H36N4O6.2ClH/c1-3-36-28(34)22-18-20(26-30-12-13-31-26)8-10-24(22)38-16-6-5-7-17-39-25-11-9-21(27-32-14-15-33-27)19-23(25)29(35)37-4-2;;/h8-11,18-19H,3-7,12-17H2,1-2H3,(H,30,31)(H,32,33);2*1H. The van der Waals surface area contributed by atoms with Crippen LogP contribution in [-0.4, -0.2) is 76.2 Å². The monoisotopic (exact) mass is 608 g/mol. The molecule has 0 spiro atoms. The van der Waals surface area contributed by atoms with Crippen LogP contribution in [0.1, 0.15) is 65.0 Å². The molecule has 0 saturated heterocycles. The molecule has 0 fully saturated rings. The molecular weight excluding hydrogens is 571 g/mol. The maximum atomic E-state index is 12.5. The SMILES string of the molecule is CCOC(=O)c1cc(C2=NCCN2)ccc1OCCCCCOc1ccc(C2=NCCN2)cc1C(=O)OCC.Cl.Cl. The fraction of sp³-hybridized carbons (Fsp3) is 0.448. The van der Waals surface area contributed by atoms with Crippen molar-refractivity contribution in [2.45, 2.75) is 33.1 Å². The van der Waals surface area contributed by atoms with Crippen LogP contribution < -0.4 is 20.1 Å². The third-order valence-corrected chi connectivity index (χ3v) is 6.15. The van der Waals surface area contributed by atoms with Crippen molar-refractivity contribution in [2.24, 2.45) is 9.98 Å². The van der Waals surface area contributed by atoms with Gasteiger partial charge in [0.15, 0.2) is 0 Å². The van der Waals surface area contributed by atoms with Crippen LogP contribution in [0.2, 0.25) is 0 Å². The van der Waals surface area contributed by atoms with Crippen LogP contribution in [0, 0.1) is 0 Å². The molecule has 0 unspecified atom stereocenters. The van der Waals surface area contributed by atoms with Crippen LogP contribution in [0.5, 0.6) is 11.5 Å². The van der Waals surface area contributed by atoms with Gasteiger partial charge in [-0.3, -0.25) is 9.98 Å². The number of benzene rings is 2. The van der Waals surface area contributed by atoms with E-state index < -0.39 is 11.9 Å². The molecule has 0 atom stereocenters. The number of aliphatic imine (C=N–C) groups is 2. The van der Waals surface area contributed by atoms with E-state index in [0.29, 0.717) is 48.9 Å². The lowest BCUT2D eigenvalue weighted by atomic mass is 10.1. The summed E-state index contributed by atoms with van der Waals surface area (Å²) >= 11 is 0. The van der Waals surface area contributed by atoms with Gasteiger partial charge in [0, 0.05) is 24.2 Å². The van der Waals surface area contributed by atoms with Gasteiger partial charge in [-0.05, 0) is 69.5 Å². The summed E-state index contributed by atoms with van der Waals surface area (Å²) in [4.78, 5) is 33.9. The zero-order chi connectivity index (χ0) is 27.5. The van der Waals surface area contributed by atoms with Crippen molar-refractivity contribution < 1.29 is 28.5 Å². The second-order valence-electron chi connectivity index (χ2n) is 8.93. The Morgan fingerprint density at radius 3 is 1.51 bits per heavy atom. The third-order valence-electron chi connectivity index (χ3n) is 6.15. The molecule has 0 bridgehead atoms. The first-order valence-electron chi connectivity index (χ1n) is 13.6. The minimum atomic E-state index is -0.416. The second kappa shape index (κ2) is 17.3. The number of nitrogens with zero attached hydrogens (tertiary/aromatic N) is 2. The summed E-state index contributed by atoms with van der Waals surface area (Å²) in [6.45, 7) is 8.03. The molecule has 2 aliphatic rings. The summed E-state index contributed by atoms with van der Waals surface area (Å²) in [5.74, 6) is 1.70. The van der Waals surface area contributed by atoms with Crippen molar-refractivity contribution >= 4 is 48.4 Å². The first-order chi connectivity index (χ1) is 19.1. The topological polar surface area (TPSA) is 120 Å². The Morgan fingerprint density at radius 1 is 0.707 bits per heavy atom. The molecule has 10 nitrogen and oxygen atoms in total. The average Bonchev–Trinajstić information content (AvgIpc) is 3.68. The van der Waals surface area contributed by atoms with Gasteiger partial charge in [0.1, 0.15) is 34.3 Å². The quantitative estimate of drug-likeness (QED) is 0.242. The molecule has 224 valence electrons. The van der Waals surface area contributed by atoms with E-state index in [-0.39, 0.29) is 38.0 Å². The largest absolute Gasteiger partial charge is 0.493 e. The highest BCUT2D eigenvalue weighted by atomic mass is 35.5. The second-order valence-corrected chi connectivity index (χ2v) is 8.93. The molecule has 0 aromatic heterocycles. The minimum Gasteiger partial charge on any atom is -0.493 e. The minimum absolute atomic E-state index is 0. The fourth-order valence-corrected chi connectivity index (χ4v) is 4.27. The highest BCUT2D eigenvalue weighted by Gasteiger charge is 2.19. The molecule has 0 radical (unpaired) electrons.